The first-order valence-electron chi connectivity index (χ1n) is 10.4. The molecule has 3 amide bonds. The number of amides is 3. The summed E-state index contributed by atoms with van der Waals surface area (Å²) < 4.78 is 0. The largest absolute Gasteiger partial charge is 0.480 e. The summed E-state index contributed by atoms with van der Waals surface area (Å²) in [6.45, 7) is 3.87. The van der Waals surface area contributed by atoms with Gasteiger partial charge in [-0.3, -0.25) is 14.9 Å². The molecule has 0 unspecified atom stereocenters. The maximum atomic E-state index is 11.3. The van der Waals surface area contributed by atoms with E-state index in [2.05, 4.69) is 10.6 Å². The lowest BCUT2D eigenvalue weighted by atomic mass is 10.1. The number of carbonyl (C=O) groups is 5. The number of carbonyl (C=O) groups excluding carboxylic acids is 2. The molecule has 2 fully saturated rings. The zero-order valence-electron chi connectivity index (χ0n) is 18.3. The third-order valence-electron chi connectivity index (χ3n) is 4.75. The molecule has 33 heavy (non-hydrogen) atoms. The predicted molar refractivity (Wildman–Crippen MR) is 117 cm³/mol. The molecule has 0 aliphatic carbocycles. The van der Waals surface area contributed by atoms with Gasteiger partial charge in [0.05, 0.1) is 17.2 Å². The molecule has 1 aromatic carbocycles. The van der Waals surface area contributed by atoms with Gasteiger partial charge in [0.1, 0.15) is 6.04 Å². The molecule has 7 N–H and O–H groups in total. The van der Waals surface area contributed by atoms with Crippen molar-refractivity contribution in [2.24, 2.45) is 5.73 Å². The van der Waals surface area contributed by atoms with Crippen LogP contribution in [0.4, 0.5) is 4.79 Å². The van der Waals surface area contributed by atoms with Crippen LogP contribution in [-0.2, 0) is 9.59 Å². The third-order valence-corrected chi connectivity index (χ3v) is 4.75. The Morgan fingerprint density at radius 1 is 1.03 bits per heavy atom. The summed E-state index contributed by atoms with van der Waals surface area (Å²) >= 11 is 0. The number of nitrogens with two attached hydrogens (primary N) is 1. The van der Waals surface area contributed by atoms with E-state index in [-0.39, 0.29) is 23.2 Å². The highest BCUT2D eigenvalue weighted by Gasteiger charge is 2.21. The van der Waals surface area contributed by atoms with Crippen molar-refractivity contribution in [2.45, 2.75) is 44.7 Å². The maximum absolute atomic E-state index is 11.3. The zero-order valence-corrected chi connectivity index (χ0v) is 18.3. The second-order valence-corrected chi connectivity index (χ2v) is 7.46. The van der Waals surface area contributed by atoms with Crippen molar-refractivity contribution in [1.29, 1.82) is 0 Å². The van der Waals surface area contributed by atoms with Crippen molar-refractivity contribution >= 4 is 29.8 Å². The number of rotatable bonds is 4. The smallest absolute Gasteiger partial charge is 0.335 e. The molecule has 3 rings (SSSR count). The van der Waals surface area contributed by atoms with Crippen molar-refractivity contribution in [3.05, 3.63) is 35.4 Å². The van der Waals surface area contributed by atoms with Gasteiger partial charge in [0.25, 0.3) is 0 Å². The summed E-state index contributed by atoms with van der Waals surface area (Å²) in [5.74, 6) is -3.39. The molecule has 0 aromatic heterocycles. The molecular formula is C21H30N4O8. The van der Waals surface area contributed by atoms with E-state index >= 15 is 0 Å². The Kier molecular flexibility index (Phi) is 11.5. The second-order valence-electron chi connectivity index (χ2n) is 7.46. The number of hydrogen-bond donors (Lipinski definition) is 6. The summed E-state index contributed by atoms with van der Waals surface area (Å²) in [5, 5.41) is 30.4. The number of aliphatic carboxylic acids is 1. The van der Waals surface area contributed by atoms with E-state index in [4.69, 9.17) is 21.1 Å². The molecule has 2 aliphatic heterocycles. The quantitative estimate of drug-likeness (QED) is 0.364. The highest BCUT2D eigenvalue weighted by atomic mass is 16.4. The second kappa shape index (κ2) is 13.8. The first kappa shape index (κ1) is 27.5. The van der Waals surface area contributed by atoms with E-state index in [1.165, 1.54) is 18.2 Å². The normalized spacial score (nSPS) is 17.5. The van der Waals surface area contributed by atoms with E-state index in [9.17, 15) is 24.0 Å². The van der Waals surface area contributed by atoms with Gasteiger partial charge in [-0.1, -0.05) is 6.07 Å². The van der Waals surface area contributed by atoms with Crippen LogP contribution in [0.5, 0.6) is 0 Å². The highest BCUT2D eigenvalue weighted by Crippen LogP contribution is 2.07. The predicted octanol–water partition coefficient (Wildman–Crippen LogP) is 0.572. The topological polar surface area (TPSA) is 199 Å². The standard InChI is InChI=1S/C8H15N3O2.C8H6O4.C5H9NO2/c1-6(9)7(12)10-8(13)11-4-2-3-5-11;9-7(10)5-2-1-3-6(4-5)8(11)12;7-5(8)4-2-1-3-6-4/h6H,2-5,9H2,1H3,(H,10,12,13);1-4H,(H,9,10)(H,11,12);4,6H,1-3H2,(H,7,8)/t6-;;4-/m0.0/s1. The van der Waals surface area contributed by atoms with Gasteiger partial charge in [0.2, 0.25) is 5.91 Å². The minimum absolute atomic E-state index is 0.0186. The number of nitrogens with zero attached hydrogens (tertiary/aromatic N) is 1. The van der Waals surface area contributed by atoms with Gasteiger partial charge in [-0.25, -0.2) is 14.4 Å². The summed E-state index contributed by atoms with van der Waals surface area (Å²) in [7, 11) is 0. The molecule has 0 spiro atoms. The van der Waals surface area contributed by atoms with Crippen LogP contribution >= 0.6 is 0 Å². The van der Waals surface area contributed by atoms with Gasteiger partial charge >= 0.3 is 23.9 Å². The molecule has 12 heteroatoms. The van der Waals surface area contributed by atoms with Crippen molar-refractivity contribution in [1.82, 2.24) is 15.5 Å². The molecule has 0 bridgehead atoms. The van der Waals surface area contributed by atoms with Crippen molar-refractivity contribution in [3.63, 3.8) is 0 Å². The Labute approximate surface area is 190 Å². The number of benzene rings is 1. The summed E-state index contributed by atoms with van der Waals surface area (Å²) in [6, 6.07) is 3.97. The first-order chi connectivity index (χ1) is 15.5. The molecule has 2 atom stereocenters. The Bertz CT molecular complexity index is 817. The number of urea groups is 1. The summed E-state index contributed by atoms with van der Waals surface area (Å²) in [5.41, 5.74) is 5.26. The minimum Gasteiger partial charge on any atom is -0.480 e. The Balaban J connectivity index is 0.000000254. The molecule has 182 valence electrons. The minimum atomic E-state index is -1.13. The molecule has 12 nitrogen and oxygen atoms in total. The van der Waals surface area contributed by atoms with E-state index in [1.807, 2.05) is 0 Å². The monoisotopic (exact) mass is 466 g/mol. The van der Waals surface area contributed by atoms with E-state index in [0.717, 1.165) is 51.4 Å². The van der Waals surface area contributed by atoms with Crippen LogP contribution in [0.1, 0.15) is 53.3 Å². The molecule has 0 saturated carbocycles. The first-order valence-corrected chi connectivity index (χ1v) is 10.4. The van der Waals surface area contributed by atoms with Gasteiger partial charge < -0.3 is 31.3 Å². The third kappa shape index (κ3) is 10.1. The molecule has 2 saturated heterocycles. The number of imide groups is 1. The van der Waals surface area contributed by atoms with Crippen molar-refractivity contribution < 1.29 is 39.3 Å². The molecule has 2 heterocycles. The SMILES string of the molecule is C[C@H](N)C(=O)NC(=O)N1CCCC1.O=C(O)[C@@H]1CCCN1.O=C(O)c1cccc(C(=O)O)c1. The Hall–Kier alpha value is -3.51. The van der Waals surface area contributed by atoms with Gasteiger partial charge in [0.15, 0.2) is 0 Å². The van der Waals surface area contributed by atoms with Crippen LogP contribution in [0.25, 0.3) is 0 Å². The fraction of sp³-hybridized carbons (Fsp3) is 0.476. The average Bonchev–Trinajstić information content (AvgIpc) is 3.49. The van der Waals surface area contributed by atoms with Crippen molar-refractivity contribution in [3.8, 4) is 0 Å². The highest BCUT2D eigenvalue weighted by molar-refractivity contribution is 5.96. The lowest BCUT2D eigenvalue weighted by Gasteiger charge is -2.15. The van der Waals surface area contributed by atoms with Crippen LogP contribution < -0.4 is 16.4 Å². The number of hydrogen-bond acceptors (Lipinski definition) is 7. The van der Waals surface area contributed by atoms with Crippen LogP contribution in [0, 0.1) is 0 Å². The van der Waals surface area contributed by atoms with Gasteiger partial charge in [0, 0.05) is 13.1 Å². The average molecular weight is 466 g/mol. The van der Waals surface area contributed by atoms with E-state index in [0.29, 0.717) is 0 Å². The lowest BCUT2D eigenvalue weighted by Crippen LogP contribution is -2.47. The van der Waals surface area contributed by atoms with Gasteiger partial charge in [-0.05, 0) is 57.4 Å². The Morgan fingerprint density at radius 3 is 1.94 bits per heavy atom. The fourth-order valence-corrected chi connectivity index (χ4v) is 2.90. The number of nitrogens with one attached hydrogen (secondary N) is 2. The van der Waals surface area contributed by atoms with Crippen LogP contribution in [0.15, 0.2) is 24.3 Å². The molecule has 1 aromatic rings. The van der Waals surface area contributed by atoms with E-state index in [1.54, 1.807) is 11.8 Å². The molecule has 0 radical (unpaired) electrons. The zero-order chi connectivity index (χ0) is 25.0. The van der Waals surface area contributed by atoms with Gasteiger partial charge in [-0.2, -0.15) is 0 Å². The van der Waals surface area contributed by atoms with Crippen LogP contribution in [-0.4, -0.2) is 81.8 Å². The fourth-order valence-electron chi connectivity index (χ4n) is 2.90. The van der Waals surface area contributed by atoms with Crippen LogP contribution in [0.2, 0.25) is 0 Å². The number of likely N-dealkylation sites (tertiary alicyclic amines) is 1. The Morgan fingerprint density at radius 2 is 1.58 bits per heavy atom. The number of aromatic carboxylic acids is 2. The van der Waals surface area contributed by atoms with Crippen LogP contribution in [0.3, 0.4) is 0 Å². The summed E-state index contributed by atoms with van der Waals surface area (Å²) in [4.78, 5) is 54.9. The van der Waals surface area contributed by atoms with E-state index < -0.39 is 29.9 Å². The lowest BCUT2D eigenvalue weighted by molar-refractivity contribution is -0.139. The number of carboxylic acids is 3. The van der Waals surface area contributed by atoms with Gasteiger partial charge in [-0.15, -0.1) is 0 Å². The summed E-state index contributed by atoms with van der Waals surface area (Å²) in [6.07, 6.45) is 3.81. The number of carboxylic acid groups (broad SMARTS) is 3. The molecular weight excluding hydrogens is 436 g/mol. The maximum Gasteiger partial charge on any atom is 0.335 e. The van der Waals surface area contributed by atoms with Crippen molar-refractivity contribution in [2.75, 3.05) is 19.6 Å². The molecule has 2 aliphatic rings.